The number of thioether (sulfide) groups is 1. The molecule has 1 unspecified atom stereocenters. The molecule has 7 heteroatoms. The quantitative estimate of drug-likeness (QED) is 0.341. The fraction of sp³-hybridized carbons (Fsp3) is 0.259. The van der Waals surface area contributed by atoms with E-state index in [1.54, 1.807) is 11.0 Å². The zero-order valence-electron chi connectivity index (χ0n) is 19.0. The van der Waals surface area contributed by atoms with Crippen molar-refractivity contribution in [2.24, 2.45) is 0 Å². The first kappa shape index (κ1) is 26.1. The molecule has 0 aliphatic heterocycles. The normalized spacial score (nSPS) is 11.6. The van der Waals surface area contributed by atoms with Crippen molar-refractivity contribution in [2.75, 3.05) is 12.3 Å². The summed E-state index contributed by atoms with van der Waals surface area (Å²) >= 11 is 13.6. The van der Waals surface area contributed by atoms with Gasteiger partial charge in [0.2, 0.25) is 11.8 Å². The summed E-state index contributed by atoms with van der Waals surface area (Å²) in [6.45, 7) is 2.75. The summed E-state index contributed by atoms with van der Waals surface area (Å²) < 4.78 is 0. The lowest BCUT2D eigenvalue weighted by Crippen LogP contribution is -2.51. The Morgan fingerprint density at radius 1 is 0.882 bits per heavy atom. The molecule has 0 saturated heterocycles. The number of likely N-dealkylation sites (N-methyl/N-ethyl adjacent to an activating group) is 1. The van der Waals surface area contributed by atoms with Gasteiger partial charge < -0.3 is 10.2 Å². The number of rotatable bonds is 11. The Balaban J connectivity index is 1.79. The number of nitrogens with one attached hydrogen (secondary N) is 1. The zero-order chi connectivity index (χ0) is 24.3. The minimum atomic E-state index is -0.611. The molecule has 1 N–H and O–H groups in total. The van der Waals surface area contributed by atoms with Gasteiger partial charge in [-0.3, -0.25) is 9.59 Å². The Labute approximate surface area is 215 Å². The molecule has 34 heavy (non-hydrogen) atoms. The lowest BCUT2D eigenvalue weighted by molar-refractivity contribution is -0.139. The van der Waals surface area contributed by atoms with Gasteiger partial charge in [0.1, 0.15) is 6.04 Å². The fourth-order valence-corrected chi connectivity index (χ4v) is 4.77. The SMILES string of the molecule is CCNC(=O)C(Cc1ccccc1)N(Cc1ccccc1)C(=O)CSCc1ccc(Cl)c(Cl)c1. The van der Waals surface area contributed by atoms with Gasteiger partial charge in [-0.15, -0.1) is 11.8 Å². The topological polar surface area (TPSA) is 49.4 Å². The fourth-order valence-electron chi connectivity index (χ4n) is 3.59. The van der Waals surface area contributed by atoms with Gasteiger partial charge in [0.25, 0.3) is 0 Å². The number of hydrogen-bond acceptors (Lipinski definition) is 3. The first-order valence-corrected chi connectivity index (χ1v) is 13.1. The summed E-state index contributed by atoms with van der Waals surface area (Å²) in [6.07, 6.45) is 0.447. The number of hydrogen-bond donors (Lipinski definition) is 1. The van der Waals surface area contributed by atoms with Crippen molar-refractivity contribution >= 4 is 46.8 Å². The number of amides is 2. The van der Waals surface area contributed by atoms with Gasteiger partial charge in [-0.1, -0.05) is 89.9 Å². The van der Waals surface area contributed by atoms with Gasteiger partial charge in [-0.25, -0.2) is 0 Å². The molecule has 0 fully saturated rings. The van der Waals surface area contributed by atoms with Crippen LogP contribution in [0.25, 0.3) is 0 Å². The van der Waals surface area contributed by atoms with Crippen molar-refractivity contribution in [1.29, 1.82) is 0 Å². The van der Waals surface area contributed by atoms with E-state index < -0.39 is 6.04 Å². The van der Waals surface area contributed by atoms with Crippen LogP contribution >= 0.6 is 35.0 Å². The number of carbonyl (C=O) groups excluding carboxylic acids is 2. The summed E-state index contributed by atoms with van der Waals surface area (Å²) in [7, 11) is 0. The van der Waals surface area contributed by atoms with Crippen LogP contribution in [0.15, 0.2) is 78.9 Å². The first-order chi connectivity index (χ1) is 16.5. The summed E-state index contributed by atoms with van der Waals surface area (Å²) in [4.78, 5) is 28.3. The van der Waals surface area contributed by atoms with Crippen LogP contribution in [-0.4, -0.2) is 35.1 Å². The van der Waals surface area contributed by atoms with Gasteiger partial charge in [0, 0.05) is 25.3 Å². The van der Waals surface area contributed by atoms with Crippen LogP contribution in [0.4, 0.5) is 0 Å². The zero-order valence-corrected chi connectivity index (χ0v) is 21.4. The Kier molecular flexibility index (Phi) is 10.3. The third-order valence-corrected chi connectivity index (χ3v) is 7.02. The maximum absolute atomic E-state index is 13.5. The third kappa shape index (κ3) is 7.79. The molecule has 0 aliphatic carbocycles. The average Bonchev–Trinajstić information content (AvgIpc) is 2.85. The maximum Gasteiger partial charge on any atom is 0.243 e. The van der Waals surface area contributed by atoms with Gasteiger partial charge >= 0.3 is 0 Å². The van der Waals surface area contributed by atoms with Crippen LogP contribution in [0.1, 0.15) is 23.6 Å². The van der Waals surface area contributed by atoms with Crippen molar-refractivity contribution < 1.29 is 9.59 Å². The third-order valence-electron chi connectivity index (χ3n) is 5.30. The monoisotopic (exact) mass is 514 g/mol. The number of nitrogens with zero attached hydrogens (tertiary/aromatic N) is 1. The highest BCUT2D eigenvalue weighted by molar-refractivity contribution is 7.99. The van der Waals surface area contributed by atoms with E-state index in [4.69, 9.17) is 23.2 Å². The Morgan fingerprint density at radius 3 is 2.15 bits per heavy atom. The van der Waals surface area contributed by atoms with Crippen LogP contribution < -0.4 is 5.32 Å². The highest BCUT2D eigenvalue weighted by Gasteiger charge is 2.30. The molecule has 0 heterocycles. The molecule has 3 aromatic carbocycles. The molecule has 0 bridgehead atoms. The molecule has 0 radical (unpaired) electrons. The summed E-state index contributed by atoms with van der Waals surface area (Å²) in [5.41, 5.74) is 2.98. The van der Waals surface area contributed by atoms with Crippen molar-refractivity contribution in [1.82, 2.24) is 10.2 Å². The Morgan fingerprint density at radius 2 is 1.53 bits per heavy atom. The first-order valence-electron chi connectivity index (χ1n) is 11.1. The lowest BCUT2D eigenvalue weighted by Gasteiger charge is -2.31. The predicted molar refractivity (Wildman–Crippen MR) is 142 cm³/mol. The Hall–Kier alpha value is -2.47. The lowest BCUT2D eigenvalue weighted by atomic mass is 10.0. The highest BCUT2D eigenvalue weighted by Crippen LogP contribution is 2.25. The van der Waals surface area contributed by atoms with E-state index in [1.807, 2.05) is 79.7 Å². The molecule has 0 aromatic heterocycles. The molecule has 0 aliphatic rings. The smallest absolute Gasteiger partial charge is 0.243 e. The van der Waals surface area contributed by atoms with E-state index in [0.29, 0.717) is 35.3 Å². The van der Waals surface area contributed by atoms with E-state index in [-0.39, 0.29) is 17.6 Å². The van der Waals surface area contributed by atoms with Gasteiger partial charge in [-0.2, -0.15) is 0 Å². The second kappa shape index (κ2) is 13.4. The van der Waals surface area contributed by atoms with E-state index in [1.165, 1.54) is 11.8 Å². The van der Waals surface area contributed by atoms with Gasteiger partial charge in [0.15, 0.2) is 0 Å². The standard InChI is InChI=1S/C27H28Cl2N2O2S/c1-2-30-27(33)25(16-20-9-5-3-6-10-20)31(17-21-11-7-4-8-12-21)26(32)19-34-18-22-13-14-23(28)24(29)15-22/h3-15,25H,2,16-19H2,1H3,(H,30,33). The van der Waals surface area contributed by atoms with Crippen LogP contribution in [0.2, 0.25) is 10.0 Å². The molecule has 0 saturated carbocycles. The van der Waals surface area contributed by atoms with Crippen molar-refractivity contribution in [3.63, 3.8) is 0 Å². The minimum absolute atomic E-state index is 0.0823. The summed E-state index contributed by atoms with van der Waals surface area (Å²) in [5.74, 6) is 0.635. The molecule has 178 valence electrons. The van der Waals surface area contributed by atoms with Crippen molar-refractivity contribution in [3.05, 3.63) is 106 Å². The van der Waals surface area contributed by atoms with Crippen LogP contribution in [0, 0.1) is 0 Å². The number of carbonyl (C=O) groups is 2. The molecular weight excluding hydrogens is 487 g/mol. The molecule has 2 amide bonds. The van der Waals surface area contributed by atoms with Crippen LogP contribution in [-0.2, 0) is 28.3 Å². The minimum Gasteiger partial charge on any atom is -0.355 e. The molecule has 1 atom stereocenters. The summed E-state index contributed by atoms with van der Waals surface area (Å²) in [6, 6.07) is 24.4. The van der Waals surface area contributed by atoms with E-state index in [9.17, 15) is 9.59 Å². The maximum atomic E-state index is 13.5. The predicted octanol–water partition coefficient (Wildman–Crippen LogP) is 6.00. The molecule has 3 aromatic rings. The van der Waals surface area contributed by atoms with E-state index >= 15 is 0 Å². The van der Waals surface area contributed by atoms with Gasteiger partial charge in [-0.05, 0) is 35.7 Å². The second-order valence-corrected chi connectivity index (χ2v) is 9.65. The average molecular weight is 516 g/mol. The van der Waals surface area contributed by atoms with E-state index in [2.05, 4.69) is 5.32 Å². The van der Waals surface area contributed by atoms with Gasteiger partial charge in [0.05, 0.1) is 15.8 Å². The largest absolute Gasteiger partial charge is 0.355 e. The Bertz CT molecular complexity index is 1080. The number of benzene rings is 3. The molecule has 0 spiro atoms. The molecule has 3 rings (SSSR count). The van der Waals surface area contributed by atoms with E-state index in [0.717, 1.165) is 16.7 Å². The van der Waals surface area contributed by atoms with Crippen molar-refractivity contribution in [3.8, 4) is 0 Å². The molecule has 4 nitrogen and oxygen atoms in total. The molecular formula is C27H28Cl2N2O2S. The van der Waals surface area contributed by atoms with Crippen LogP contribution in [0.5, 0.6) is 0 Å². The summed E-state index contributed by atoms with van der Waals surface area (Å²) in [5, 5.41) is 3.92. The van der Waals surface area contributed by atoms with Crippen LogP contribution in [0.3, 0.4) is 0 Å². The second-order valence-electron chi connectivity index (χ2n) is 7.85. The highest BCUT2D eigenvalue weighted by atomic mass is 35.5. The number of halogens is 2. The van der Waals surface area contributed by atoms with Crippen molar-refractivity contribution in [2.45, 2.75) is 31.7 Å².